The maximum Gasteiger partial charge on any atom is 0.106 e. The van der Waals surface area contributed by atoms with E-state index in [0.29, 0.717) is 6.04 Å². The summed E-state index contributed by atoms with van der Waals surface area (Å²) in [5.41, 5.74) is -0.0391. The number of likely N-dealkylation sites (N-methyl/N-ethyl adjacent to an activating group) is 1. The van der Waals surface area contributed by atoms with Crippen molar-refractivity contribution in [3.05, 3.63) is 0 Å². The molecule has 0 aromatic carbocycles. The number of ether oxygens (including phenoxy) is 2. The van der Waals surface area contributed by atoms with Gasteiger partial charge in [-0.2, -0.15) is 0 Å². The quantitative estimate of drug-likeness (QED) is 0.719. The number of hydrogen-bond donors (Lipinski definition) is 1. The Balaban J connectivity index is 1.85. The monoisotopic (exact) mass is 214 g/mol. The van der Waals surface area contributed by atoms with Crippen LogP contribution in [-0.2, 0) is 9.47 Å². The van der Waals surface area contributed by atoms with Crippen LogP contribution >= 0.6 is 0 Å². The zero-order valence-corrected chi connectivity index (χ0v) is 9.79. The predicted octanol–water partition coefficient (Wildman–Crippen LogP) is 0.0856. The topological polar surface area (TPSA) is 33.7 Å². The number of nitrogens with one attached hydrogen (secondary N) is 1. The van der Waals surface area contributed by atoms with Gasteiger partial charge in [-0.25, -0.2) is 0 Å². The lowest BCUT2D eigenvalue weighted by Gasteiger charge is -2.30. The molecule has 2 unspecified atom stereocenters. The summed E-state index contributed by atoms with van der Waals surface area (Å²) in [5.74, 6) is 0. The van der Waals surface area contributed by atoms with E-state index in [-0.39, 0.29) is 5.60 Å². The van der Waals surface area contributed by atoms with E-state index < -0.39 is 0 Å². The standard InChI is InChI=1S/C11H22N2O2/c1-12-10-3-5-13(7-10)8-11(14-2)4-6-15-9-11/h10,12H,3-9H2,1-2H3. The molecule has 0 bridgehead atoms. The summed E-state index contributed by atoms with van der Waals surface area (Å²) in [6.45, 7) is 4.93. The highest BCUT2D eigenvalue weighted by Gasteiger charge is 2.38. The summed E-state index contributed by atoms with van der Waals surface area (Å²) in [7, 11) is 3.85. The van der Waals surface area contributed by atoms with Gasteiger partial charge in [0.15, 0.2) is 0 Å². The molecule has 2 fully saturated rings. The normalized spacial score (nSPS) is 37.6. The highest BCUT2D eigenvalue weighted by molar-refractivity contribution is 4.91. The van der Waals surface area contributed by atoms with Gasteiger partial charge in [0.1, 0.15) is 5.60 Å². The summed E-state index contributed by atoms with van der Waals surface area (Å²) in [4.78, 5) is 2.49. The SMILES string of the molecule is CNC1CCN(CC2(OC)CCOC2)C1. The van der Waals surface area contributed by atoms with Gasteiger partial charge in [0.2, 0.25) is 0 Å². The number of rotatable bonds is 4. The van der Waals surface area contributed by atoms with Gasteiger partial charge >= 0.3 is 0 Å². The van der Waals surface area contributed by atoms with Crippen LogP contribution in [0.2, 0.25) is 0 Å². The van der Waals surface area contributed by atoms with E-state index in [1.807, 2.05) is 7.05 Å². The maximum absolute atomic E-state index is 5.64. The van der Waals surface area contributed by atoms with Crippen LogP contribution in [0.3, 0.4) is 0 Å². The minimum atomic E-state index is -0.0391. The molecule has 15 heavy (non-hydrogen) atoms. The number of nitrogens with zero attached hydrogens (tertiary/aromatic N) is 1. The van der Waals surface area contributed by atoms with Crippen molar-refractivity contribution in [2.45, 2.75) is 24.5 Å². The zero-order valence-electron chi connectivity index (χ0n) is 9.79. The molecule has 88 valence electrons. The molecule has 1 N–H and O–H groups in total. The van der Waals surface area contributed by atoms with Gasteiger partial charge < -0.3 is 14.8 Å². The molecule has 4 heteroatoms. The smallest absolute Gasteiger partial charge is 0.106 e. The van der Waals surface area contributed by atoms with E-state index in [1.165, 1.54) is 13.0 Å². The average molecular weight is 214 g/mol. The average Bonchev–Trinajstić information content (AvgIpc) is 2.88. The first kappa shape index (κ1) is 11.3. The van der Waals surface area contributed by atoms with Gasteiger partial charge in [-0.3, -0.25) is 4.90 Å². The summed E-state index contributed by atoms with van der Waals surface area (Å²) in [5, 5.41) is 3.34. The third-order valence-corrected chi connectivity index (χ3v) is 3.69. The van der Waals surface area contributed by atoms with Gasteiger partial charge in [-0.05, 0) is 20.0 Å². The Morgan fingerprint density at radius 2 is 2.47 bits per heavy atom. The molecule has 0 radical (unpaired) electrons. The largest absolute Gasteiger partial charge is 0.378 e. The third-order valence-electron chi connectivity index (χ3n) is 3.69. The van der Waals surface area contributed by atoms with Crippen molar-refractivity contribution < 1.29 is 9.47 Å². The molecule has 0 aliphatic carbocycles. The van der Waals surface area contributed by atoms with Crippen LogP contribution in [0.25, 0.3) is 0 Å². The predicted molar refractivity (Wildman–Crippen MR) is 59.1 cm³/mol. The second kappa shape index (κ2) is 4.78. The molecule has 2 saturated heterocycles. The Kier molecular flexibility index (Phi) is 3.61. The van der Waals surface area contributed by atoms with Crippen molar-refractivity contribution in [2.75, 3.05) is 47.0 Å². The number of methoxy groups -OCH3 is 1. The van der Waals surface area contributed by atoms with E-state index in [4.69, 9.17) is 9.47 Å². The highest BCUT2D eigenvalue weighted by atomic mass is 16.5. The van der Waals surface area contributed by atoms with Gasteiger partial charge in [-0.15, -0.1) is 0 Å². The fourth-order valence-electron chi connectivity index (χ4n) is 2.56. The second-order valence-corrected chi connectivity index (χ2v) is 4.70. The van der Waals surface area contributed by atoms with Crippen LogP contribution in [0, 0.1) is 0 Å². The fraction of sp³-hybridized carbons (Fsp3) is 1.00. The molecule has 2 aliphatic heterocycles. The van der Waals surface area contributed by atoms with E-state index >= 15 is 0 Å². The minimum Gasteiger partial charge on any atom is -0.378 e. The van der Waals surface area contributed by atoms with Crippen LogP contribution in [0.4, 0.5) is 0 Å². The molecule has 2 rings (SSSR count). The van der Waals surface area contributed by atoms with E-state index in [9.17, 15) is 0 Å². The van der Waals surface area contributed by atoms with Gasteiger partial charge in [-0.1, -0.05) is 0 Å². The molecule has 2 atom stereocenters. The van der Waals surface area contributed by atoms with Crippen molar-refractivity contribution in [3.63, 3.8) is 0 Å². The fourth-order valence-corrected chi connectivity index (χ4v) is 2.56. The molecule has 0 amide bonds. The zero-order chi connectivity index (χ0) is 10.7. The van der Waals surface area contributed by atoms with Crippen molar-refractivity contribution in [1.82, 2.24) is 10.2 Å². The molecular formula is C11H22N2O2. The lowest BCUT2D eigenvalue weighted by molar-refractivity contribution is -0.0372. The molecule has 2 aliphatic rings. The first-order valence-corrected chi connectivity index (χ1v) is 5.80. The van der Waals surface area contributed by atoms with Crippen molar-refractivity contribution >= 4 is 0 Å². The lowest BCUT2D eigenvalue weighted by Crippen LogP contribution is -2.45. The summed E-state index contributed by atoms with van der Waals surface area (Å²) in [6, 6.07) is 0.654. The second-order valence-electron chi connectivity index (χ2n) is 4.70. The molecule has 0 aromatic heterocycles. The van der Waals surface area contributed by atoms with Crippen molar-refractivity contribution in [2.24, 2.45) is 0 Å². The third kappa shape index (κ3) is 2.50. The van der Waals surface area contributed by atoms with Crippen LogP contribution in [0.5, 0.6) is 0 Å². The van der Waals surface area contributed by atoms with Crippen molar-refractivity contribution in [3.8, 4) is 0 Å². The first-order chi connectivity index (χ1) is 7.28. The van der Waals surface area contributed by atoms with Crippen LogP contribution in [0.15, 0.2) is 0 Å². The molecule has 0 spiro atoms. The molecule has 0 aromatic rings. The summed E-state index contributed by atoms with van der Waals surface area (Å²) in [6.07, 6.45) is 2.28. The molecular weight excluding hydrogens is 192 g/mol. The van der Waals surface area contributed by atoms with Crippen LogP contribution < -0.4 is 5.32 Å². The number of hydrogen-bond acceptors (Lipinski definition) is 4. The van der Waals surface area contributed by atoms with Crippen LogP contribution in [-0.4, -0.2) is 63.5 Å². The lowest BCUT2D eigenvalue weighted by atomic mass is 10.0. The van der Waals surface area contributed by atoms with Gasteiger partial charge in [0.05, 0.1) is 6.61 Å². The van der Waals surface area contributed by atoms with Crippen molar-refractivity contribution in [1.29, 1.82) is 0 Å². The summed E-state index contributed by atoms with van der Waals surface area (Å²) < 4.78 is 11.1. The first-order valence-electron chi connectivity index (χ1n) is 5.80. The summed E-state index contributed by atoms with van der Waals surface area (Å²) >= 11 is 0. The van der Waals surface area contributed by atoms with E-state index in [2.05, 4.69) is 10.2 Å². The van der Waals surface area contributed by atoms with E-state index in [0.717, 1.165) is 32.7 Å². The Bertz CT molecular complexity index is 205. The highest BCUT2D eigenvalue weighted by Crippen LogP contribution is 2.25. The van der Waals surface area contributed by atoms with E-state index in [1.54, 1.807) is 7.11 Å². The Morgan fingerprint density at radius 1 is 1.60 bits per heavy atom. The van der Waals surface area contributed by atoms with Crippen LogP contribution in [0.1, 0.15) is 12.8 Å². The minimum absolute atomic E-state index is 0.0391. The molecule has 0 saturated carbocycles. The maximum atomic E-state index is 5.64. The molecule has 2 heterocycles. The Labute approximate surface area is 91.9 Å². The van der Waals surface area contributed by atoms with Gasteiger partial charge in [0, 0.05) is 39.3 Å². The molecule has 4 nitrogen and oxygen atoms in total. The Morgan fingerprint density at radius 3 is 3.00 bits per heavy atom. The number of likely N-dealkylation sites (tertiary alicyclic amines) is 1. The Hall–Kier alpha value is -0.160. The van der Waals surface area contributed by atoms with Gasteiger partial charge in [0.25, 0.3) is 0 Å².